The Bertz CT molecular complexity index is 966. The number of hydrogen-bond acceptors (Lipinski definition) is 3. The summed E-state index contributed by atoms with van der Waals surface area (Å²) in [4.78, 5) is 0.216. The summed E-state index contributed by atoms with van der Waals surface area (Å²) in [5.41, 5.74) is 2.10. The number of rotatable bonds is 7. The Labute approximate surface area is 160 Å². The van der Waals surface area contributed by atoms with Crippen LogP contribution >= 0.6 is 0 Å². The van der Waals surface area contributed by atoms with Crippen molar-refractivity contribution in [1.82, 2.24) is 4.72 Å². The summed E-state index contributed by atoms with van der Waals surface area (Å²) >= 11 is 0. The van der Waals surface area contributed by atoms with Crippen LogP contribution in [0, 0.1) is 6.92 Å². The van der Waals surface area contributed by atoms with Crippen LogP contribution in [-0.2, 0) is 10.0 Å². The lowest BCUT2D eigenvalue weighted by molar-refractivity contribution is 0.482. The molecule has 0 aliphatic heterocycles. The van der Waals surface area contributed by atoms with Crippen LogP contribution in [0.25, 0.3) is 0 Å². The van der Waals surface area contributed by atoms with Crippen molar-refractivity contribution in [1.29, 1.82) is 0 Å². The molecule has 1 N–H and O–H groups in total. The van der Waals surface area contributed by atoms with E-state index >= 15 is 0 Å². The molecular weight excluding hydrogens is 358 g/mol. The summed E-state index contributed by atoms with van der Waals surface area (Å²) in [6.07, 6.45) is 0.664. The molecule has 1 atom stereocenters. The minimum Gasteiger partial charge on any atom is -0.457 e. The molecule has 0 heterocycles. The summed E-state index contributed by atoms with van der Waals surface area (Å²) in [5.74, 6) is 1.29. The third-order valence-electron chi connectivity index (χ3n) is 4.30. The number of para-hydroxylation sites is 1. The van der Waals surface area contributed by atoms with Crippen molar-refractivity contribution in [3.63, 3.8) is 0 Å². The van der Waals surface area contributed by atoms with Gasteiger partial charge in [0, 0.05) is 6.04 Å². The van der Waals surface area contributed by atoms with Crippen molar-refractivity contribution in [2.45, 2.75) is 31.2 Å². The fraction of sp³-hybridized carbons (Fsp3) is 0.182. The van der Waals surface area contributed by atoms with Crippen molar-refractivity contribution >= 4 is 10.0 Å². The predicted molar refractivity (Wildman–Crippen MR) is 107 cm³/mol. The zero-order chi connectivity index (χ0) is 19.3. The maximum Gasteiger partial charge on any atom is 0.241 e. The van der Waals surface area contributed by atoms with Gasteiger partial charge in [0.25, 0.3) is 0 Å². The SMILES string of the molecule is CC[C@@H](NS(=O)(=O)c1ccc(Oc2ccccc2)cc1)c1ccc(C)cc1. The van der Waals surface area contributed by atoms with Gasteiger partial charge in [-0.25, -0.2) is 13.1 Å². The van der Waals surface area contributed by atoms with Crippen LogP contribution in [0.3, 0.4) is 0 Å². The third-order valence-corrected chi connectivity index (χ3v) is 5.79. The fourth-order valence-corrected chi connectivity index (χ4v) is 4.06. The van der Waals surface area contributed by atoms with Crippen molar-refractivity contribution in [2.75, 3.05) is 0 Å². The summed E-state index contributed by atoms with van der Waals surface area (Å²) < 4.78 is 34.0. The van der Waals surface area contributed by atoms with Gasteiger partial charge in [-0.05, 0) is 55.3 Å². The van der Waals surface area contributed by atoms with Gasteiger partial charge in [-0.15, -0.1) is 0 Å². The van der Waals surface area contributed by atoms with Gasteiger partial charge in [-0.3, -0.25) is 0 Å². The first kappa shape index (κ1) is 19.1. The van der Waals surface area contributed by atoms with Crippen LogP contribution in [0.15, 0.2) is 83.8 Å². The summed E-state index contributed by atoms with van der Waals surface area (Å²) in [6.45, 7) is 3.97. The van der Waals surface area contributed by atoms with E-state index in [1.54, 1.807) is 24.3 Å². The smallest absolute Gasteiger partial charge is 0.241 e. The van der Waals surface area contributed by atoms with Crippen LogP contribution in [0.5, 0.6) is 11.5 Å². The van der Waals surface area contributed by atoms with Gasteiger partial charge in [0.2, 0.25) is 10.0 Å². The van der Waals surface area contributed by atoms with E-state index in [-0.39, 0.29) is 10.9 Å². The van der Waals surface area contributed by atoms with E-state index in [0.717, 1.165) is 11.1 Å². The molecule has 0 spiro atoms. The molecular formula is C22H23NO3S. The molecule has 0 aromatic heterocycles. The van der Waals surface area contributed by atoms with E-state index in [1.807, 2.05) is 68.4 Å². The average Bonchev–Trinajstić information content (AvgIpc) is 2.68. The first-order chi connectivity index (χ1) is 13.0. The van der Waals surface area contributed by atoms with E-state index in [0.29, 0.717) is 17.9 Å². The van der Waals surface area contributed by atoms with E-state index < -0.39 is 10.0 Å². The molecule has 0 saturated carbocycles. The predicted octanol–water partition coefficient (Wildman–Crippen LogP) is 5.22. The average molecular weight is 381 g/mol. The molecule has 0 bridgehead atoms. The highest BCUT2D eigenvalue weighted by molar-refractivity contribution is 7.89. The van der Waals surface area contributed by atoms with Crippen LogP contribution in [0.1, 0.15) is 30.5 Å². The van der Waals surface area contributed by atoms with Gasteiger partial charge in [0.1, 0.15) is 11.5 Å². The second-order valence-electron chi connectivity index (χ2n) is 6.38. The lowest BCUT2D eigenvalue weighted by Gasteiger charge is -2.18. The van der Waals surface area contributed by atoms with Gasteiger partial charge >= 0.3 is 0 Å². The molecule has 3 rings (SSSR count). The van der Waals surface area contributed by atoms with Gasteiger partial charge in [0.05, 0.1) is 4.90 Å². The van der Waals surface area contributed by atoms with Crippen molar-refractivity contribution in [2.24, 2.45) is 0 Å². The Morgan fingerprint density at radius 3 is 2.04 bits per heavy atom. The largest absolute Gasteiger partial charge is 0.457 e. The summed E-state index contributed by atoms with van der Waals surface area (Å²) in [5, 5.41) is 0. The molecule has 0 radical (unpaired) electrons. The lowest BCUT2D eigenvalue weighted by atomic mass is 10.0. The maximum atomic E-state index is 12.8. The second-order valence-corrected chi connectivity index (χ2v) is 8.09. The van der Waals surface area contributed by atoms with Gasteiger partial charge in [0.15, 0.2) is 0 Å². The Morgan fingerprint density at radius 1 is 0.852 bits per heavy atom. The molecule has 5 heteroatoms. The van der Waals surface area contributed by atoms with E-state index in [1.165, 1.54) is 0 Å². The number of sulfonamides is 1. The quantitative estimate of drug-likeness (QED) is 0.611. The van der Waals surface area contributed by atoms with Crippen LogP contribution in [0.4, 0.5) is 0 Å². The lowest BCUT2D eigenvalue weighted by Crippen LogP contribution is -2.28. The summed E-state index contributed by atoms with van der Waals surface area (Å²) in [6, 6.07) is 23.4. The normalized spacial score (nSPS) is 12.5. The number of nitrogens with one attached hydrogen (secondary N) is 1. The highest BCUT2D eigenvalue weighted by atomic mass is 32.2. The highest BCUT2D eigenvalue weighted by Crippen LogP contribution is 2.24. The molecule has 0 saturated heterocycles. The third kappa shape index (κ3) is 4.96. The first-order valence-electron chi connectivity index (χ1n) is 8.90. The van der Waals surface area contributed by atoms with E-state index in [2.05, 4.69) is 4.72 Å². The number of ether oxygens (including phenoxy) is 1. The van der Waals surface area contributed by atoms with Gasteiger partial charge in [-0.1, -0.05) is 55.0 Å². The molecule has 0 aliphatic carbocycles. The molecule has 4 nitrogen and oxygen atoms in total. The second kappa shape index (κ2) is 8.37. The minimum absolute atomic E-state index is 0.216. The monoisotopic (exact) mass is 381 g/mol. The Hall–Kier alpha value is -2.63. The van der Waals surface area contributed by atoms with Crippen LogP contribution in [0.2, 0.25) is 0 Å². The highest BCUT2D eigenvalue weighted by Gasteiger charge is 2.20. The zero-order valence-corrected chi connectivity index (χ0v) is 16.2. The standard InChI is InChI=1S/C22H23NO3S/c1-3-22(18-11-9-17(2)10-12-18)23-27(24,25)21-15-13-20(14-16-21)26-19-7-5-4-6-8-19/h4-16,22-23H,3H2,1-2H3/t22-/m1/s1. The Kier molecular flexibility index (Phi) is 5.94. The van der Waals surface area contributed by atoms with Gasteiger partial charge in [-0.2, -0.15) is 0 Å². The van der Waals surface area contributed by atoms with E-state index in [4.69, 9.17) is 4.74 Å². The number of hydrogen-bond donors (Lipinski definition) is 1. The Balaban J connectivity index is 1.74. The van der Waals surface area contributed by atoms with Crippen LogP contribution < -0.4 is 9.46 Å². The molecule has 3 aromatic carbocycles. The Morgan fingerprint density at radius 2 is 1.44 bits per heavy atom. The first-order valence-corrected chi connectivity index (χ1v) is 10.4. The molecule has 0 fully saturated rings. The molecule has 0 aliphatic rings. The molecule has 140 valence electrons. The van der Waals surface area contributed by atoms with Crippen molar-refractivity contribution < 1.29 is 13.2 Å². The maximum absolute atomic E-state index is 12.8. The minimum atomic E-state index is -3.63. The van der Waals surface area contributed by atoms with Gasteiger partial charge < -0.3 is 4.74 Å². The molecule has 0 amide bonds. The molecule has 27 heavy (non-hydrogen) atoms. The van der Waals surface area contributed by atoms with Crippen molar-refractivity contribution in [3.05, 3.63) is 90.0 Å². The summed E-state index contributed by atoms with van der Waals surface area (Å²) in [7, 11) is -3.63. The number of aryl methyl sites for hydroxylation is 1. The topological polar surface area (TPSA) is 55.4 Å². The zero-order valence-electron chi connectivity index (χ0n) is 15.4. The fourth-order valence-electron chi connectivity index (χ4n) is 2.75. The molecule has 0 unspecified atom stereocenters. The molecule has 3 aromatic rings. The van der Waals surface area contributed by atoms with E-state index in [9.17, 15) is 8.42 Å². The van der Waals surface area contributed by atoms with Crippen LogP contribution in [-0.4, -0.2) is 8.42 Å². The van der Waals surface area contributed by atoms with Crippen molar-refractivity contribution in [3.8, 4) is 11.5 Å². The number of benzene rings is 3.